The van der Waals surface area contributed by atoms with Crippen LogP contribution in [0.3, 0.4) is 0 Å². The van der Waals surface area contributed by atoms with E-state index in [1.165, 1.54) is 218 Å². The van der Waals surface area contributed by atoms with Crippen LogP contribution in [0.15, 0.2) is 85.1 Å². The normalized spacial score (nSPS) is 12.6. The van der Waals surface area contributed by atoms with E-state index in [-0.39, 0.29) is 31.1 Å². The highest BCUT2D eigenvalue weighted by Crippen LogP contribution is 2.18. The molecule has 6 nitrogen and oxygen atoms in total. The van der Waals surface area contributed by atoms with Crippen LogP contribution < -0.4 is 0 Å². The van der Waals surface area contributed by atoms with Crippen molar-refractivity contribution in [2.24, 2.45) is 0 Å². The maximum absolute atomic E-state index is 12.9. The van der Waals surface area contributed by atoms with Crippen LogP contribution in [-0.4, -0.2) is 37.2 Å². The molecule has 0 aromatic heterocycles. The number of unbranched alkanes of at least 4 members (excludes halogenated alkanes) is 40. The smallest absolute Gasteiger partial charge is 0.306 e. The lowest BCUT2D eigenvalue weighted by Gasteiger charge is -2.18. The number of allylic oxidation sites excluding steroid dienone is 14. The molecule has 1 atom stereocenters. The number of esters is 3. The zero-order chi connectivity index (χ0) is 59.2. The van der Waals surface area contributed by atoms with Crippen molar-refractivity contribution in [2.45, 2.75) is 367 Å². The van der Waals surface area contributed by atoms with Crippen LogP contribution in [-0.2, 0) is 28.6 Å². The van der Waals surface area contributed by atoms with Gasteiger partial charge in [-0.05, 0) is 96.3 Å². The minimum absolute atomic E-state index is 0.0731. The second-order valence-electron chi connectivity index (χ2n) is 23.8. The maximum Gasteiger partial charge on any atom is 0.306 e. The van der Waals surface area contributed by atoms with Crippen molar-refractivity contribution in [3.05, 3.63) is 85.1 Å². The van der Waals surface area contributed by atoms with Crippen LogP contribution in [0.5, 0.6) is 0 Å². The van der Waals surface area contributed by atoms with Crippen molar-refractivity contribution in [2.75, 3.05) is 13.2 Å². The van der Waals surface area contributed by atoms with Gasteiger partial charge in [0.1, 0.15) is 13.2 Å². The van der Waals surface area contributed by atoms with Gasteiger partial charge in [-0.2, -0.15) is 0 Å². The van der Waals surface area contributed by atoms with E-state index in [1.807, 2.05) is 0 Å². The topological polar surface area (TPSA) is 78.9 Å². The summed E-state index contributed by atoms with van der Waals surface area (Å²) in [5, 5.41) is 0. The van der Waals surface area contributed by atoms with Crippen molar-refractivity contribution >= 4 is 17.9 Å². The molecule has 0 aromatic carbocycles. The van der Waals surface area contributed by atoms with E-state index < -0.39 is 6.10 Å². The fourth-order valence-corrected chi connectivity index (χ4v) is 10.3. The van der Waals surface area contributed by atoms with Crippen LogP contribution in [0, 0.1) is 0 Å². The second kappa shape index (κ2) is 70.1. The van der Waals surface area contributed by atoms with Crippen molar-refractivity contribution < 1.29 is 28.6 Å². The summed E-state index contributed by atoms with van der Waals surface area (Å²) in [5.41, 5.74) is 0. The van der Waals surface area contributed by atoms with Crippen LogP contribution in [0.4, 0.5) is 0 Å². The molecule has 0 aliphatic heterocycles. The maximum atomic E-state index is 12.9. The number of hydrogen-bond acceptors (Lipinski definition) is 6. The van der Waals surface area contributed by atoms with Gasteiger partial charge in [-0.15, -0.1) is 0 Å². The van der Waals surface area contributed by atoms with E-state index in [1.54, 1.807) is 0 Å². The fraction of sp³-hybridized carbons (Fsp3) is 0.776. The molecule has 0 aliphatic rings. The molecule has 1 unspecified atom stereocenters. The van der Waals surface area contributed by atoms with E-state index in [2.05, 4.69) is 106 Å². The summed E-state index contributed by atoms with van der Waals surface area (Å²) in [5.74, 6) is -0.861. The van der Waals surface area contributed by atoms with Gasteiger partial charge in [-0.1, -0.05) is 331 Å². The SMILES string of the molecule is CC/C=C\C/C=C\C/C=C\C/C=C\C/C=C\C/C=C\CCCCCCCCCCCCCCCCCCC(=O)OCC(COC(=O)CCCCCCC/C=C\CCCCC)OC(=O)CCCCCCCCCCCCCCCCCCC. The van der Waals surface area contributed by atoms with Gasteiger partial charge >= 0.3 is 17.9 Å². The third-order valence-electron chi connectivity index (χ3n) is 15.6. The molecule has 0 aliphatic carbocycles. The minimum atomic E-state index is -0.776. The highest BCUT2D eigenvalue weighted by Gasteiger charge is 2.19. The molecule has 0 N–H and O–H groups in total. The Balaban J connectivity index is 4.12. The summed E-state index contributed by atoms with van der Waals surface area (Å²) in [4.78, 5) is 38.3. The number of hydrogen-bond donors (Lipinski definition) is 0. The molecule has 0 bridgehead atoms. The molecule has 0 spiro atoms. The van der Waals surface area contributed by atoms with Gasteiger partial charge in [0.2, 0.25) is 0 Å². The zero-order valence-corrected chi connectivity index (χ0v) is 54.5. The van der Waals surface area contributed by atoms with E-state index in [0.717, 1.165) is 103 Å². The average molecular weight is 1140 g/mol. The Bertz CT molecular complexity index is 1550. The molecule has 6 heteroatoms. The van der Waals surface area contributed by atoms with Crippen molar-refractivity contribution in [1.29, 1.82) is 0 Å². The van der Waals surface area contributed by atoms with Crippen LogP contribution in [0.1, 0.15) is 361 Å². The Morgan fingerprint density at radius 3 is 0.780 bits per heavy atom. The molecule has 0 rings (SSSR count). The van der Waals surface area contributed by atoms with Crippen molar-refractivity contribution in [3.63, 3.8) is 0 Å². The monoisotopic (exact) mass is 1140 g/mol. The predicted octanol–water partition coefficient (Wildman–Crippen LogP) is 24.6. The van der Waals surface area contributed by atoms with Gasteiger partial charge in [-0.25, -0.2) is 0 Å². The summed E-state index contributed by atoms with van der Waals surface area (Å²) in [7, 11) is 0. The first kappa shape index (κ1) is 78.6. The number of rotatable bonds is 65. The third-order valence-corrected chi connectivity index (χ3v) is 15.6. The fourth-order valence-electron chi connectivity index (χ4n) is 10.3. The molecule has 0 fully saturated rings. The number of ether oxygens (including phenoxy) is 3. The third kappa shape index (κ3) is 67.4. The molecule has 0 aromatic rings. The van der Waals surface area contributed by atoms with Crippen LogP contribution in [0.2, 0.25) is 0 Å². The Kier molecular flexibility index (Phi) is 67.2. The quantitative estimate of drug-likeness (QED) is 0.0261. The molecule has 0 saturated heterocycles. The Labute approximate surface area is 509 Å². The predicted molar refractivity (Wildman–Crippen MR) is 358 cm³/mol. The average Bonchev–Trinajstić information content (AvgIpc) is 3.47. The summed E-state index contributed by atoms with van der Waals surface area (Å²) in [6.07, 6.45) is 93.3. The second-order valence-corrected chi connectivity index (χ2v) is 23.8. The lowest BCUT2D eigenvalue weighted by molar-refractivity contribution is -0.167. The summed E-state index contributed by atoms with van der Waals surface area (Å²) in [6.45, 7) is 6.54. The molecular formula is C76H134O6. The molecule has 82 heavy (non-hydrogen) atoms. The Morgan fingerprint density at radius 1 is 0.256 bits per heavy atom. The molecular weight excluding hydrogens is 1010 g/mol. The van der Waals surface area contributed by atoms with Gasteiger partial charge in [0.15, 0.2) is 6.10 Å². The Hall–Kier alpha value is -3.41. The van der Waals surface area contributed by atoms with Gasteiger partial charge in [0.25, 0.3) is 0 Å². The lowest BCUT2D eigenvalue weighted by atomic mass is 10.0. The van der Waals surface area contributed by atoms with E-state index >= 15 is 0 Å². The molecule has 0 heterocycles. The van der Waals surface area contributed by atoms with Gasteiger partial charge in [0.05, 0.1) is 0 Å². The first-order valence-electron chi connectivity index (χ1n) is 35.6. The molecule has 0 amide bonds. The lowest BCUT2D eigenvalue weighted by Crippen LogP contribution is -2.30. The molecule has 0 saturated carbocycles. The highest BCUT2D eigenvalue weighted by molar-refractivity contribution is 5.71. The summed E-state index contributed by atoms with van der Waals surface area (Å²) < 4.78 is 17.0. The molecule has 474 valence electrons. The van der Waals surface area contributed by atoms with E-state index in [0.29, 0.717) is 19.3 Å². The standard InChI is InChI=1S/C76H134O6/c1-4-7-10-13-16-19-22-25-27-29-30-31-32-33-34-35-36-37-38-39-40-41-42-43-44-45-46-48-49-51-54-57-60-63-66-69-75(78)81-72-73(71-80-74(77)68-65-62-59-56-53-24-21-18-15-12-9-6-3)82-76(79)70-67-64-61-58-55-52-50-47-28-26-23-20-17-14-11-8-5-2/h7,10,16,18-19,21,25,27,30-31,33-34,36-37,73H,4-6,8-9,11-15,17,20,22-24,26,28-29,32,35,38-72H2,1-3H3/b10-7-,19-16-,21-18-,27-25-,31-30-,34-33-,37-36-. The highest BCUT2D eigenvalue weighted by atomic mass is 16.6. The van der Waals surface area contributed by atoms with Gasteiger partial charge < -0.3 is 14.2 Å². The zero-order valence-electron chi connectivity index (χ0n) is 54.5. The van der Waals surface area contributed by atoms with Crippen molar-refractivity contribution in [3.8, 4) is 0 Å². The van der Waals surface area contributed by atoms with E-state index in [4.69, 9.17) is 14.2 Å². The largest absolute Gasteiger partial charge is 0.462 e. The number of carbonyl (C=O) groups is 3. The summed E-state index contributed by atoms with van der Waals surface area (Å²) in [6, 6.07) is 0. The molecule has 0 radical (unpaired) electrons. The minimum Gasteiger partial charge on any atom is -0.462 e. The van der Waals surface area contributed by atoms with E-state index in [9.17, 15) is 14.4 Å². The van der Waals surface area contributed by atoms with Gasteiger partial charge in [0, 0.05) is 19.3 Å². The van der Waals surface area contributed by atoms with Gasteiger partial charge in [-0.3, -0.25) is 14.4 Å². The van der Waals surface area contributed by atoms with Crippen LogP contribution in [0.25, 0.3) is 0 Å². The first-order valence-corrected chi connectivity index (χ1v) is 35.6. The van der Waals surface area contributed by atoms with Crippen molar-refractivity contribution in [1.82, 2.24) is 0 Å². The number of carbonyl (C=O) groups excluding carboxylic acids is 3. The van der Waals surface area contributed by atoms with Crippen LogP contribution >= 0.6 is 0 Å². The summed E-state index contributed by atoms with van der Waals surface area (Å²) >= 11 is 0. The Morgan fingerprint density at radius 2 is 0.476 bits per heavy atom. The first-order chi connectivity index (χ1) is 40.5.